The summed E-state index contributed by atoms with van der Waals surface area (Å²) in [5.74, 6) is -6.79. The van der Waals surface area contributed by atoms with Gasteiger partial charge < -0.3 is 20.4 Å². The first-order chi connectivity index (χ1) is 19.0. The molecule has 0 saturated carbocycles. The van der Waals surface area contributed by atoms with Gasteiger partial charge in [-0.05, 0) is 24.3 Å². The molecule has 0 atom stereocenters. The normalized spacial score (nSPS) is 10.0. The number of rotatable bonds is 8. The van der Waals surface area contributed by atoms with Crippen molar-refractivity contribution in [3.05, 3.63) is 142 Å². The SMILES string of the molecule is O=C(c1ccc(C(=O)O)c(C(=O)O)c1)c1ccc(C(=O)O)c(C(=O)O)c1.O=C(c1ccccc1)c1ccccc1. The summed E-state index contributed by atoms with van der Waals surface area (Å²) in [7, 11) is 0. The van der Waals surface area contributed by atoms with Crippen LogP contribution in [0.2, 0.25) is 0 Å². The zero-order valence-electron chi connectivity index (χ0n) is 20.5. The van der Waals surface area contributed by atoms with E-state index in [0.29, 0.717) is 0 Å². The molecule has 4 N–H and O–H groups in total. The number of carbonyl (C=O) groups excluding carboxylic acids is 2. The first kappa shape index (κ1) is 28.7. The van der Waals surface area contributed by atoms with Crippen LogP contribution in [0.1, 0.15) is 73.3 Å². The van der Waals surface area contributed by atoms with Gasteiger partial charge in [-0.3, -0.25) is 9.59 Å². The Labute approximate surface area is 226 Å². The molecule has 0 aliphatic carbocycles. The van der Waals surface area contributed by atoms with Gasteiger partial charge in [0.25, 0.3) is 0 Å². The molecule has 0 aromatic heterocycles. The summed E-state index contributed by atoms with van der Waals surface area (Å²) in [6.45, 7) is 0. The maximum atomic E-state index is 12.5. The summed E-state index contributed by atoms with van der Waals surface area (Å²) in [6.07, 6.45) is 0. The van der Waals surface area contributed by atoms with Crippen molar-refractivity contribution in [2.45, 2.75) is 0 Å². The first-order valence-corrected chi connectivity index (χ1v) is 11.4. The van der Waals surface area contributed by atoms with Gasteiger partial charge in [-0.25, -0.2) is 19.2 Å². The highest BCUT2D eigenvalue weighted by molar-refractivity contribution is 6.13. The number of benzene rings is 4. The van der Waals surface area contributed by atoms with Gasteiger partial charge in [0.2, 0.25) is 0 Å². The zero-order chi connectivity index (χ0) is 29.4. The summed E-state index contributed by atoms with van der Waals surface area (Å²) in [6, 6.07) is 24.4. The van der Waals surface area contributed by atoms with Gasteiger partial charge in [0.15, 0.2) is 11.6 Å². The van der Waals surface area contributed by atoms with Gasteiger partial charge in [0.1, 0.15) is 0 Å². The smallest absolute Gasteiger partial charge is 0.336 e. The molecule has 4 rings (SSSR count). The average Bonchev–Trinajstić information content (AvgIpc) is 2.96. The molecule has 0 aliphatic heterocycles. The third kappa shape index (κ3) is 6.69. The monoisotopic (exact) mass is 540 g/mol. The van der Waals surface area contributed by atoms with Crippen LogP contribution >= 0.6 is 0 Å². The van der Waals surface area contributed by atoms with Crippen LogP contribution in [0.15, 0.2) is 97.1 Å². The van der Waals surface area contributed by atoms with E-state index in [4.69, 9.17) is 20.4 Å². The number of hydrogen-bond donors (Lipinski definition) is 4. The molecule has 0 fully saturated rings. The van der Waals surface area contributed by atoms with E-state index in [2.05, 4.69) is 0 Å². The standard InChI is InChI=1S/C17H10O9.C13H10O/c18-13(7-1-3-9(14(19)20)11(5-7)16(23)24)8-2-4-10(15(21)22)12(6-8)17(25)26;14-13(11-7-3-1-4-8-11)12-9-5-2-6-10-12/h1-6H,(H,19,20)(H,21,22)(H,23,24)(H,25,26);1-10H. The van der Waals surface area contributed by atoms with Crippen LogP contribution in [0.5, 0.6) is 0 Å². The van der Waals surface area contributed by atoms with Gasteiger partial charge in [-0.15, -0.1) is 0 Å². The lowest BCUT2D eigenvalue weighted by Crippen LogP contribution is -2.13. The molecular formula is C30H20O10. The van der Waals surface area contributed by atoms with Crippen molar-refractivity contribution in [3.8, 4) is 0 Å². The molecule has 4 aromatic rings. The van der Waals surface area contributed by atoms with Crippen LogP contribution in [-0.4, -0.2) is 55.9 Å². The molecule has 0 spiro atoms. The molecule has 0 heterocycles. The van der Waals surface area contributed by atoms with Crippen LogP contribution in [0.3, 0.4) is 0 Å². The number of ketones is 2. The second kappa shape index (κ2) is 12.6. The maximum Gasteiger partial charge on any atom is 0.336 e. The lowest BCUT2D eigenvalue weighted by Gasteiger charge is -2.08. The van der Waals surface area contributed by atoms with E-state index in [-0.39, 0.29) is 16.9 Å². The Morgan fingerprint density at radius 1 is 0.350 bits per heavy atom. The Morgan fingerprint density at radius 3 is 0.950 bits per heavy atom. The predicted molar refractivity (Wildman–Crippen MR) is 140 cm³/mol. The summed E-state index contributed by atoms with van der Waals surface area (Å²) >= 11 is 0. The maximum absolute atomic E-state index is 12.5. The van der Waals surface area contributed by atoms with E-state index in [0.717, 1.165) is 47.5 Å². The van der Waals surface area contributed by atoms with E-state index in [1.807, 2.05) is 60.7 Å². The number of carbonyl (C=O) groups is 6. The van der Waals surface area contributed by atoms with E-state index >= 15 is 0 Å². The van der Waals surface area contributed by atoms with Gasteiger partial charge in [-0.2, -0.15) is 0 Å². The molecule has 10 nitrogen and oxygen atoms in total. The summed E-state index contributed by atoms with van der Waals surface area (Å²) in [5.41, 5.74) is -1.15. The highest BCUT2D eigenvalue weighted by Gasteiger charge is 2.22. The highest BCUT2D eigenvalue weighted by Crippen LogP contribution is 2.19. The molecule has 4 aromatic carbocycles. The van der Waals surface area contributed by atoms with Crippen molar-refractivity contribution in [2.24, 2.45) is 0 Å². The van der Waals surface area contributed by atoms with Crippen LogP contribution < -0.4 is 0 Å². The fourth-order valence-electron chi connectivity index (χ4n) is 3.61. The van der Waals surface area contributed by atoms with E-state index in [9.17, 15) is 28.8 Å². The second-order valence-corrected chi connectivity index (χ2v) is 8.13. The van der Waals surface area contributed by atoms with Crippen molar-refractivity contribution in [2.75, 3.05) is 0 Å². The van der Waals surface area contributed by atoms with E-state index in [1.165, 1.54) is 0 Å². The van der Waals surface area contributed by atoms with Crippen molar-refractivity contribution in [1.29, 1.82) is 0 Å². The molecule has 0 bridgehead atoms. The quantitative estimate of drug-likeness (QED) is 0.230. The largest absolute Gasteiger partial charge is 0.478 e. The van der Waals surface area contributed by atoms with E-state index < -0.39 is 51.9 Å². The molecule has 0 aliphatic rings. The van der Waals surface area contributed by atoms with Crippen LogP contribution in [0.4, 0.5) is 0 Å². The van der Waals surface area contributed by atoms with Gasteiger partial charge >= 0.3 is 23.9 Å². The summed E-state index contributed by atoms with van der Waals surface area (Å²) in [4.78, 5) is 68.7. The fraction of sp³-hybridized carbons (Fsp3) is 0. The molecule has 200 valence electrons. The Kier molecular flexibility index (Phi) is 9.01. The van der Waals surface area contributed by atoms with Gasteiger partial charge in [-0.1, -0.05) is 72.8 Å². The molecule has 10 heteroatoms. The third-order valence-electron chi connectivity index (χ3n) is 5.56. The van der Waals surface area contributed by atoms with Crippen LogP contribution in [-0.2, 0) is 0 Å². The third-order valence-corrected chi connectivity index (χ3v) is 5.56. The Hall–Kier alpha value is -5.90. The van der Waals surface area contributed by atoms with Crippen LogP contribution in [0, 0.1) is 0 Å². The topological polar surface area (TPSA) is 183 Å². The molecular weight excluding hydrogens is 520 g/mol. The van der Waals surface area contributed by atoms with Crippen molar-refractivity contribution < 1.29 is 49.2 Å². The number of aromatic carboxylic acids is 4. The number of hydrogen-bond acceptors (Lipinski definition) is 6. The van der Waals surface area contributed by atoms with Crippen LogP contribution in [0.25, 0.3) is 0 Å². The predicted octanol–water partition coefficient (Wildman–Crippen LogP) is 4.63. The molecule has 0 saturated heterocycles. The molecule has 0 radical (unpaired) electrons. The lowest BCUT2D eigenvalue weighted by atomic mass is 9.95. The minimum absolute atomic E-state index is 0.0752. The minimum Gasteiger partial charge on any atom is -0.478 e. The van der Waals surface area contributed by atoms with Gasteiger partial charge in [0, 0.05) is 22.3 Å². The van der Waals surface area contributed by atoms with Crippen molar-refractivity contribution >= 4 is 35.4 Å². The van der Waals surface area contributed by atoms with E-state index in [1.54, 1.807) is 0 Å². The van der Waals surface area contributed by atoms with Gasteiger partial charge in [0.05, 0.1) is 22.3 Å². The lowest BCUT2D eigenvalue weighted by molar-refractivity contribution is 0.0651. The minimum atomic E-state index is -1.55. The fourth-order valence-corrected chi connectivity index (χ4v) is 3.61. The molecule has 0 unspecified atom stereocenters. The Bertz CT molecular complexity index is 1500. The average molecular weight is 540 g/mol. The Balaban J connectivity index is 0.000000263. The van der Waals surface area contributed by atoms with Crippen molar-refractivity contribution in [3.63, 3.8) is 0 Å². The molecule has 0 amide bonds. The summed E-state index contributed by atoms with van der Waals surface area (Å²) < 4.78 is 0. The Morgan fingerprint density at radius 2 is 0.650 bits per heavy atom. The first-order valence-electron chi connectivity index (χ1n) is 11.4. The highest BCUT2D eigenvalue weighted by atomic mass is 16.4. The number of carboxylic acids is 4. The zero-order valence-corrected chi connectivity index (χ0v) is 20.5. The summed E-state index contributed by atoms with van der Waals surface area (Å²) in [5, 5.41) is 36.1. The number of carboxylic acid groups (broad SMARTS) is 4. The van der Waals surface area contributed by atoms with Crippen molar-refractivity contribution in [1.82, 2.24) is 0 Å². The second-order valence-electron chi connectivity index (χ2n) is 8.13. The molecule has 40 heavy (non-hydrogen) atoms.